The summed E-state index contributed by atoms with van der Waals surface area (Å²) in [6.07, 6.45) is 4.46. The topological polar surface area (TPSA) is 34.5 Å². The summed E-state index contributed by atoms with van der Waals surface area (Å²) in [5.41, 5.74) is 3.14. The molecule has 0 saturated heterocycles. The van der Waals surface area contributed by atoms with E-state index in [4.69, 9.17) is 4.43 Å². The van der Waals surface area contributed by atoms with Crippen LogP contribution in [0.3, 0.4) is 0 Å². The zero-order chi connectivity index (χ0) is 14.4. The van der Waals surface area contributed by atoms with Crippen LogP contribution in [0.2, 0.25) is 13.1 Å². The molecule has 0 N–H and O–H groups in total. The Balaban J connectivity index is 2.08. The lowest BCUT2D eigenvalue weighted by molar-refractivity contribution is 0.582. The van der Waals surface area contributed by atoms with E-state index in [0.717, 1.165) is 23.6 Å². The molecule has 0 unspecified atom stereocenters. The van der Waals surface area contributed by atoms with Gasteiger partial charge in [-0.15, -0.1) is 0 Å². The highest BCUT2D eigenvalue weighted by molar-refractivity contribution is 6.49. The number of rotatable bonds is 5. The third-order valence-corrected chi connectivity index (χ3v) is 3.46. The Hall–Kier alpha value is -1.94. The Bertz CT molecular complexity index is 597. The number of para-hydroxylation sites is 2. The van der Waals surface area contributed by atoms with Gasteiger partial charge < -0.3 is 4.43 Å². The molecule has 1 aromatic carbocycles. The molecule has 0 fully saturated rings. The smallest absolute Gasteiger partial charge is 0.229 e. The zero-order valence-corrected chi connectivity index (χ0v) is 13.4. The van der Waals surface area contributed by atoms with Crippen LogP contribution in [0.25, 0.3) is 0 Å². The minimum Gasteiger partial charge on any atom is -0.546 e. The van der Waals surface area contributed by atoms with Crippen molar-refractivity contribution in [3.63, 3.8) is 0 Å². The number of hydrogen-bond donors (Lipinski definition) is 0. The Morgan fingerprint density at radius 1 is 1.25 bits per heavy atom. The van der Waals surface area contributed by atoms with Crippen molar-refractivity contribution in [3.05, 3.63) is 53.9 Å². The molecule has 0 atom stereocenters. The summed E-state index contributed by atoms with van der Waals surface area (Å²) < 4.78 is 5.88. The Labute approximate surface area is 122 Å². The summed E-state index contributed by atoms with van der Waals surface area (Å²) in [6.45, 7) is 6.37. The van der Waals surface area contributed by atoms with Crippen molar-refractivity contribution in [3.8, 4) is 5.75 Å². The normalized spacial score (nSPS) is 11.2. The number of aliphatic imine (C=N–C) groups is 1. The van der Waals surface area contributed by atoms with Crippen LogP contribution in [0.5, 0.6) is 5.75 Å². The Morgan fingerprint density at radius 2 is 2.05 bits per heavy atom. The molecule has 0 saturated carbocycles. The third-order valence-electron chi connectivity index (χ3n) is 2.73. The number of nitrogens with zero attached hydrogens (tertiary/aromatic N) is 2. The SMILES string of the molecule is Cc1ccnc(CC=Nc2ccccc2O[SiH](C)C)c1. The van der Waals surface area contributed by atoms with Gasteiger partial charge in [0.2, 0.25) is 9.04 Å². The molecular formula is C16H20N2OSi. The van der Waals surface area contributed by atoms with Gasteiger partial charge in [-0.05, 0) is 49.8 Å². The minimum absolute atomic E-state index is 0.731. The van der Waals surface area contributed by atoms with Crippen molar-refractivity contribution >= 4 is 20.9 Å². The van der Waals surface area contributed by atoms with Gasteiger partial charge in [-0.3, -0.25) is 9.98 Å². The molecule has 1 aromatic heterocycles. The summed E-state index contributed by atoms with van der Waals surface area (Å²) in [5.74, 6) is 0.877. The fourth-order valence-corrected chi connectivity index (χ4v) is 2.57. The molecule has 4 heteroatoms. The number of hydrogen-bond acceptors (Lipinski definition) is 3. The predicted molar refractivity (Wildman–Crippen MR) is 86.8 cm³/mol. The van der Waals surface area contributed by atoms with E-state index in [-0.39, 0.29) is 0 Å². The minimum atomic E-state index is -1.11. The van der Waals surface area contributed by atoms with E-state index < -0.39 is 9.04 Å². The maximum atomic E-state index is 5.88. The molecule has 2 aromatic rings. The number of aryl methyl sites for hydroxylation is 1. The maximum absolute atomic E-state index is 5.88. The molecule has 3 nitrogen and oxygen atoms in total. The highest BCUT2D eigenvalue weighted by Gasteiger charge is 2.03. The van der Waals surface area contributed by atoms with Gasteiger partial charge in [0, 0.05) is 24.5 Å². The van der Waals surface area contributed by atoms with E-state index in [1.165, 1.54) is 5.56 Å². The zero-order valence-electron chi connectivity index (χ0n) is 12.2. The molecule has 1 heterocycles. The first-order valence-electron chi connectivity index (χ1n) is 6.85. The Morgan fingerprint density at radius 3 is 2.80 bits per heavy atom. The van der Waals surface area contributed by atoms with E-state index in [9.17, 15) is 0 Å². The van der Waals surface area contributed by atoms with E-state index >= 15 is 0 Å². The van der Waals surface area contributed by atoms with Gasteiger partial charge in [-0.25, -0.2) is 0 Å². The molecule has 0 amide bonds. The molecule has 0 aliphatic rings. The molecule has 0 spiro atoms. The first-order valence-corrected chi connectivity index (χ1v) is 9.63. The molecule has 0 bridgehead atoms. The summed E-state index contributed by atoms with van der Waals surface area (Å²) in [7, 11) is -1.11. The first kappa shape index (κ1) is 14.5. The molecule has 0 radical (unpaired) electrons. The fourth-order valence-electron chi connectivity index (χ4n) is 1.87. The van der Waals surface area contributed by atoms with Gasteiger partial charge in [0.05, 0.1) is 0 Å². The number of pyridine rings is 1. The molecular weight excluding hydrogens is 264 g/mol. The van der Waals surface area contributed by atoms with Gasteiger partial charge in [-0.2, -0.15) is 0 Å². The van der Waals surface area contributed by atoms with Gasteiger partial charge >= 0.3 is 0 Å². The van der Waals surface area contributed by atoms with Crippen LogP contribution in [0.4, 0.5) is 5.69 Å². The summed E-state index contributed by atoms with van der Waals surface area (Å²) in [5, 5.41) is 0. The average Bonchev–Trinajstić information content (AvgIpc) is 2.40. The van der Waals surface area contributed by atoms with Gasteiger partial charge in [0.1, 0.15) is 11.4 Å². The second-order valence-electron chi connectivity index (χ2n) is 4.97. The maximum Gasteiger partial charge on any atom is 0.229 e. The van der Waals surface area contributed by atoms with Crippen LogP contribution in [0.1, 0.15) is 11.3 Å². The summed E-state index contributed by atoms with van der Waals surface area (Å²) >= 11 is 0. The van der Waals surface area contributed by atoms with Crippen molar-refractivity contribution in [2.75, 3.05) is 0 Å². The quantitative estimate of drug-likeness (QED) is 0.620. The number of aromatic nitrogens is 1. The Kier molecular flexibility index (Phi) is 5.07. The predicted octanol–water partition coefficient (Wildman–Crippen LogP) is 3.70. The largest absolute Gasteiger partial charge is 0.546 e. The van der Waals surface area contributed by atoms with E-state index in [0.29, 0.717) is 0 Å². The van der Waals surface area contributed by atoms with Crippen LogP contribution in [-0.4, -0.2) is 20.2 Å². The monoisotopic (exact) mass is 284 g/mol. The van der Waals surface area contributed by atoms with Crippen molar-refractivity contribution in [1.82, 2.24) is 4.98 Å². The fraction of sp³-hybridized carbons (Fsp3) is 0.250. The summed E-state index contributed by atoms with van der Waals surface area (Å²) in [4.78, 5) is 8.84. The summed E-state index contributed by atoms with van der Waals surface area (Å²) in [6, 6.07) is 12.0. The molecule has 0 aliphatic carbocycles. The van der Waals surface area contributed by atoms with E-state index in [1.807, 2.05) is 42.7 Å². The molecule has 0 aliphatic heterocycles. The molecule has 2 rings (SSSR count). The molecule has 104 valence electrons. The first-order chi connectivity index (χ1) is 9.65. The lowest BCUT2D eigenvalue weighted by atomic mass is 10.2. The highest BCUT2D eigenvalue weighted by atomic mass is 28.3. The van der Waals surface area contributed by atoms with Crippen LogP contribution in [0.15, 0.2) is 47.6 Å². The van der Waals surface area contributed by atoms with Crippen LogP contribution in [-0.2, 0) is 6.42 Å². The standard InChI is InChI=1S/C16H20N2OSi/c1-13-8-10-17-14(12-13)9-11-18-15-6-4-5-7-16(15)19-20(2)3/h4-8,10-12,20H,9H2,1-3H3. The number of benzene rings is 1. The van der Waals surface area contributed by atoms with Crippen molar-refractivity contribution in [1.29, 1.82) is 0 Å². The van der Waals surface area contributed by atoms with E-state index in [2.05, 4.69) is 36.1 Å². The van der Waals surface area contributed by atoms with Crippen molar-refractivity contribution < 1.29 is 4.43 Å². The van der Waals surface area contributed by atoms with Crippen LogP contribution < -0.4 is 4.43 Å². The lowest BCUT2D eigenvalue weighted by Gasteiger charge is -2.11. The van der Waals surface area contributed by atoms with Crippen molar-refractivity contribution in [2.45, 2.75) is 26.4 Å². The van der Waals surface area contributed by atoms with Crippen LogP contribution >= 0.6 is 0 Å². The van der Waals surface area contributed by atoms with Crippen LogP contribution in [0, 0.1) is 6.92 Å². The highest BCUT2D eigenvalue weighted by Crippen LogP contribution is 2.27. The van der Waals surface area contributed by atoms with Crippen molar-refractivity contribution in [2.24, 2.45) is 4.99 Å². The average molecular weight is 284 g/mol. The van der Waals surface area contributed by atoms with Gasteiger partial charge in [0.25, 0.3) is 0 Å². The lowest BCUT2D eigenvalue weighted by Crippen LogP contribution is -2.11. The molecule has 20 heavy (non-hydrogen) atoms. The van der Waals surface area contributed by atoms with E-state index in [1.54, 1.807) is 0 Å². The van der Waals surface area contributed by atoms with Gasteiger partial charge in [-0.1, -0.05) is 12.1 Å². The second kappa shape index (κ2) is 7.00. The van der Waals surface area contributed by atoms with Gasteiger partial charge in [0.15, 0.2) is 0 Å². The second-order valence-corrected chi connectivity index (χ2v) is 7.31. The third kappa shape index (κ3) is 4.31.